The number of unbranched alkanes of at least 4 members (excludes halogenated alkanes) is 3. The first-order valence-electron chi connectivity index (χ1n) is 55.2. The number of nitrogens with zero attached hydrogens (tertiary/aromatic N) is 5. The van der Waals surface area contributed by atoms with E-state index in [1.165, 1.54) is 56.9 Å². The molecule has 0 saturated carbocycles. The number of hydrogen-bond donors (Lipinski definition) is 6. The number of aliphatic imine (C=N–C) groups is 5. The predicted octanol–water partition coefficient (Wildman–Crippen LogP) is 37.6. The first-order chi connectivity index (χ1) is 64.7. The molecule has 1 aromatic rings. The van der Waals surface area contributed by atoms with Crippen LogP contribution in [0.25, 0.3) is 0 Å². The zero-order chi connectivity index (χ0) is 120. The van der Waals surface area contributed by atoms with Gasteiger partial charge in [-0.25, -0.2) is 20.4 Å². The molecule has 0 atom stereocenters. The summed E-state index contributed by atoms with van der Waals surface area (Å²) >= 11 is 0. The summed E-state index contributed by atoms with van der Waals surface area (Å²) in [5, 5.41) is 14.4. The molecule has 0 heterocycles. The number of amides is 2. The SMILES string of the molecule is CC(C)OC(C)C.CC=CC(C)(C)C.CC=NCC(C)(C)C.CC=NCC(C)(C)C.CC=NCC(C)(C)C.CC=NCC(C)(C)C.CCC(C)(C)C.CCC(C)(C)C.CCC(C)(C)C.CCC(C)(C)C.CCC(C)(C)C.CCCC(=O)OC(C)(C)C.CCCCN=CNNC(C)(C)C.CCCCNC(=O)NC(C)(C)C.CCCCNC(C)(C)C.CCOC(C)(C)C.CCc1ccc(OC(C)(C)C)cc1.N=C=O.O=C=O. The predicted molar refractivity (Wildman–Crippen MR) is 658 cm³/mol. The molecule has 0 radical (unpaired) electrons. The maximum atomic E-state index is 11.1. The lowest BCUT2D eigenvalue weighted by Gasteiger charge is -2.21. The lowest BCUT2D eigenvalue weighted by molar-refractivity contribution is -0.191. The second kappa shape index (κ2) is 105. The van der Waals surface area contributed by atoms with E-state index in [9.17, 15) is 9.59 Å². The van der Waals surface area contributed by atoms with Crippen molar-refractivity contribution in [3.8, 4) is 5.75 Å². The summed E-state index contributed by atoms with van der Waals surface area (Å²) in [4.78, 5) is 67.2. The van der Waals surface area contributed by atoms with Gasteiger partial charge in [-0.3, -0.25) is 29.8 Å². The molecule has 0 aliphatic rings. The fourth-order valence-corrected chi connectivity index (χ4v) is 6.69. The number of ether oxygens (including phenoxy) is 4. The van der Waals surface area contributed by atoms with Gasteiger partial charge < -0.3 is 40.3 Å². The van der Waals surface area contributed by atoms with E-state index in [4.69, 9.17) is 38.7 Å². The summed E-state index contributed by atoms with van der Waals surface area (Å²) < 4.78 is 21.2. The number of hydrogen-bond acceptors (Lipinski definition) is 17. The molecule has 1 rings (SSSR count). The Labute approximate surface area is 910 Å². The average Bonchev–Trinajstić information content (AvgIpc) is 0.888. The number of hydrazine groups is 1. The molecule has 0 fully saturated rings. The van der Waals surface area contributed by atoms with Crippen molar-refractivity contribution in [2.75, 3.05) is 52.4 Å². The van der Waals surface area contributed by atoms with E-state index < -0.39 is 0 Å². The van der Waals surface area contributed by atoms with Gasteiger partial charge in [0.05, 0.1) is 24.1 Å². The number of rotatable bonds is 22. The summed E-state index contributed by atoms with van der Waals surface area (Å²) in [6.45, 7) is 152. The maximum absolute atomic E-state index is 11.1. The number of urea groups is 1. The van der Waals surface area contributed by atoms with E-state index in [1.807, 2.05) is 155 Å². The van der Waals surface area contributed by atoms with Crippen LogP contribution in [0.3, 0.4) is 0 Å². The van der Waals surface area contributed by atoms with Gasteiger partial charge in [0.25, 0.3) is 0 Å². The molecule has 0 spiro atoms. The van der Waals surface area contributed by atoms with Crippen molar-refractivity contribution in [2.45, 2.75) is 606 Å². The van der Waals surface area contributed by atoms with Gasteiger partial charge in [-0.05, 0) is 329 Å². The Morgan fingerprint density at radius 2 is 0.676 bits per heavy atom. The molecule has 0 unspecified atom stereocenters. The number of benzene rings is 1. The van der Waals surface area contributed by atoms with Crippen molar-refractivity contribution in [2.24, 2.45) is 79.1 Å². The average molecular weight is 2070 g/mol. The normalized spacial score (nSPS) is 11.7. The Morgan fingerprint density at radius 3 is 0.834 bits per heavy atom. The Bertz CT molecular complexity index is 2880. The van der Waals surface area contributed by atoms with Crippen LogP contribution < -0.4 is 31.5 Å². The highest BCUT2D eigenvalue weighted by atomic mass is 16.6. The molecule has 0 bridgehead atoms. The number of carbonyl (C=O) groups excluding carboxylic acids is 5. The maximum Gasteiger partial charge on any atom is 0.373 e. The van der Waals surface area contributed by atoms with Gasteiger partial charge in [-0.1, -0.05) is 353 Å². The monoisotopic (exact) mass is 2070 g/mol. The van der Waals surface area contributed by atoms with E-state index in [2.05, 4.69) is 429 Å². The highest BCUT2D eigenvalue weighted by Crippen LogP contribution is 2.23. The molecule has 145 heavy (non-hydrogen) atoms. The van der Waals surface area contributed by atoms with Crippen LogP contribution in [0.4, 0.5) is 4.79 Å². The Balaban J connectivity index is -0.0000000740. The van der Waals surface area contributed by atoms with Crippen molar-refractivity contribution < 1.29 is 42.9 Å². The molecule has 876 valence electrons. The molecule has 0 saturated heterocycles. The smallest absolute Gasteiger partial charge is 0.373 e. The van der Waals surface area contributed by atoms with Crippen molar-refractivity contribution >= 4 is 55.4 Å². The number of esters is 1. The van der Waals surface area contributed by atoms with E-state index in [0.717, 1.165) is 96.4 Å². The zero-order valence-corrected chi connectivity index (χ0v) is 111. The summed E-state index contributed by atoms with van der Waals surface area (Å²) in [7, 11) is 0. The minimum atomic E-state index is -0.327. The third-order valence-electron chi connectivity index (χ3n) is 16.4. The van der Waals surface area contributed by atoms with Crippen LogP contribution in [-0.4, -0.2) is 153 Å². The summed E-state index contributed by atoms with van der Waals surface area (Å²) in [5.74, 6) is 0.847. The Morgan fingerprint density at radius 1 is 0.386 bits per heavy atom. The van der Waals surface area contributed by atoms with Gasteiger partial charge in [0.15, 0.2) is 0 Å². The number of carbonyl (C=O) groups is 2. The Kier molecular flexibility index (Phi) is 131. The minimum absolute atomic E-state index is 0.0503. The van der Waals surface area contributed by atoms with Crippen molar-refractivity contribution in [3.05, 3.63) is 42.0 Å². The third-order valence-corrected chi connectivity index (χ3v) is 16.4. The quantitative estimate of drug-likeness (QED) is 0.0120. The molecule has 2 amide bonds. The number of aryl methyl sites for hydroxylation is 1. The van der Waals surface area contributed by atoms with Gasteiger partial charge in [0.1, 0.15) is 17.0 Å². The molecule has 0 aliphatic heterocycles. The van der Waals surface area contributed by atoms with E-state index >= 15 is 0 Å². The van der Waals surface area contributed by atoms with E-state index in [1.54, 1.807) is 6.34 Å². The number of allylic oxidation sites excluding steroid dienone is 2. The molecular weight excluding hydrogens is 1800 g/mol. The van der Waals surface area contributed by atoms with E-state index in [-0.39, 0.29) is 46.0 Å². The zero-order valence-electron chi connectivity index (χ0n) is 111. The molecule has 20 heteroatoms. The second-order valence-electron chi connectivity index (χ2n) is 54.0. The van der Waals surface area contributed by atoms with Crippen molar-refractivity contribution in [3.63, 3.8) is 0 Å². The largest absolute Gasteiger partial charge is 0.488 e. The Hall–Kier alpha value is -5.75. The van der Waals surface area contributed by atoms with E-state index in [0.29, 0.717) is 78.3 Å². The standard InChI is InChI=1S/C12H18O.C9H21N3.C9H20N2O.C8H19N.C8H16O2.4C7H15N.C7H14.2C6H14O.5C6H14.CHNO.CO2/c1-5-10-6-8-11(9-7-10)13-12(2,3)4;1-5-6-7-10-8-11-12-9(2,3)4;1-5-6-7-10-8(12)11-9(2,3)4;1-5-6-7-9-8(2,3)4;1-5-6-7(9)10-8(2,3)4;4*1-5-8-6-7(2,3)4;1-5-6-7(2,3)4;1-5-7-6(2,3)4;1-5(2)7-6(3)4;5*1-5-6(2,3)4;2*2-1-3/h6-9H,5H2,1-4H3;8,12H,5-7H2,1-4H3,(H,10,11);5-7H2,1-4H3,(H2,10,11,12);9H,5-7H2,1-4H3;5-6H2,1-4H3;4*5H,6H2,1-4H3;5-6H,1-4H3;5H2,1-4H3;5-6H,1-4H3;5*5H2,1-4H3;2H;. The topological polar surface area (TPSA) is 268 Å². The summed E-state index contributed by atoms with van der Waals surface area (Å²) in [6.07, 6.45) is 31.0. The first kappa shape index (κ1) is 181. The molecule has 6 N–H and O–H groups in total. The number of isocyanates is 1. The highest BCUT2D eigenvalue weighted by Gasteiger charge is 2.18. The van der Waals surface area contributed by atoms with Gasteiger partial charge in [0, 0.05) is 68.9 Å². The number of nitrogens with one attached hydrogen (secondary N) is 6. The fraction of sp³-hybridized carbons (Fsp3) is 0.864. The second-order valence-corrected chi connectivity index (χ2v) is 54.0. The molecule has 0 aromatic heterocycles. The van der Waals surface area contributed by atoms with Crippen LogP contribution in [0.5, 0.6) is 5.75 Å². The van der Waals surface area contributed by atoms with Crippen LogP contribution in [0.1, 0.15) is 560 Å². The highest BCUT2D eigenvalue weighted by molar-refractivity contribution is 5.74. The van der Waals surface area contributed by atoms with Crippen LogP contribution >= 0.6 is 0 Å². The summed E-state index contributed by atoms with van der Waals surface area (Å²) in [6, 6.07) is 8.21. The lowest BCUT2D eigenvalue weighted by atomic mass is 9.94. The third kappa shape index (κ3) is 308. The van der Waals surface area contributed by atoms with Crippen LogP contribution in [0.15, 0.2) is 61.4 Å². The molecule has 0 aliphatic carbocycles. The summed E-state index contributed by atoms with van der Waals surface area (Å²) in [5.41, 5.74) is 11.8. The van der Waals surface area contributed by atoms with Crippen molar-refractivity contribution in [1.29, 1.82) is 5.41 Å². The van der Waals surface area contributed by atoms with Crippen LogP contribution in [-0.2, 0) is 39.8 Å². The molecule has 1 aromatic carbocycles. The lowest BCUT2D eigenvalue weighted by Crippen LogP contribution is -2.46. The fourth-order valence-electron chi connectivity index (χ4n) is 6.69. The van der Waals surface area contributed by atoms with Gasteiger partial charge in [0.2, 0.25) is 6.08 Å². The van der Waals surface area contributed by atoms with Crippen LogP contribution in [0, 0.1) is 59.6 Å². The van der Waals surface area contributed by atoms with Crippen LogP contribution in [0.2, 0.25) is 0 Å². The minimum Gasteiger partial charge on any atom is -0.488 e. The molecular formula is C125H267N11O9. The molecule has 20 nitrogen and oxygen atoms in total. The first-order valence-corrected chi connectivity index (χ1v) is 55.2. The van der Waals surface area contributed by atoms with Crippen molar-refractivity contribution in [1.82, 2.24) is 26.8 Å². The van der Waals surface area contributed by atoms with Gasteiger partial charge >= 0.3 is 18.2 Å². The van der Waals surface area contributed by atoms with Gasteiger partial charge in [-0.15, -0.1) is 0 Å². The van der Waals surface area contributed by atoms with Gasteiger partial charge in [-0.2, -0.15) is 9.59 Å².